The fraction of sp³-hybridized carbons (Fsp3) is 0.350. The molecule has 0 bridgehead atoms. The summed E-state index contributed by atoms with van der Waals surface area (Å²) in [5, 5.41) is 3.01. The van der Waals surface area contributed by atoms with E-state index in [1.165, 1.54) is 11.8 Å². The molecule has 2 aromatic carbocycles. The van der Waals surface area contributed by atoms with Gasteiger partial charge in [-0.3, -0.25) is 4.79 Å². The van der Waals surface area contributed by atoms with Crippen molar-refractivity contribution in [1.82, 2.24) is 5.32 Å². The van der Waals surface area contributed by atoms with Crippen molar-refractivity contribution in [2.24, 2.45) is 0 Å². The quantitative estimate of drug-likeness (QED) is 0.802. The summed E-state index contributed by atoms with van der Waals surface area (Å²) < 4.78 is 34.2. The molecule has 2 heterocycles. The molecule has 0 radical (unpaired) electrons. The molecule has 1 fully saturated rings. The van der Waals surface area contributed by atoms with E-state index in [1.807, 2.05) is 43.3 Å². The van der Waals surface area contributed by atoms with Gasteiger partial charge < -0.3 is 14.8 Å². The lowest BCUT2D eigenvalue weighted by atomic mass is 10.1. The van der Waals surface area contributed by atoms with Gasteiger partial charge >= 0.3 is 0 Å². The summed E-state index contributed by atoms with van der Waals surface area (Å²) in [6, 6.07) is 12.7. The van der Waals surface area contributed by atoms with E-state index in [2.05, 4.69) is 5.32 Å². The molecular weight excluding hydrogens is 398 g/mol. The third kappa shape index (κ3) is 4.12. The molecule has 8 heteroatoms. The van der Waals surface area contributed by atoms with E-state index in [-0.39, 0.29) is 35.5 Å². The topological polar surface area (TPSA) is 81.7 Å². The first-order valence-corrected chi connectivity index (χ1v) is 11.8. The molecule has 1 amide bonds. The molecule has 2 aliphatic heterocycles. The number of rotatable bonds is 5. The van der Waals surface area contributed by atoms with Gasteiger partial charge in [0.25, 0.3) is 5.91 Å². The van der Waals surface area contributed by atoms with E-state index in [9.17, 15) is 13.2 Å². The minimum Gasteiger partial charge on any atom is -0.454 e. The van der Waals surface area contributed by atoms with Crippen LogP contribution in [0.3, 0.4) is 0 Å². The van der Waals surface area contributed by atoms with E-state index in [4.69, 9.17) is 9.47 Å². The van der Waals surface area contributed by atoms with Crippen LogP contribution < -0.4 is 14.8 Å². The van der Waals surface area contributed by atoms with Gasteiger partial charge in [0.2, 0.25) is 6.79 Å². The van der Waals surface area contributed by atoms with E-state index in [0.29, 0.717) is 23.5 Å². The monoisotopic (exact) mass is 419 g/mol. The molecule has 2 aliphatic rings. The average Bonchev–Trinajstić information content (AvgIpc) is 3.27. The van der Waals surface area contributed by atoms with E-state index >= 15 is 0 Å². The minimum atomic E-state index is -2.95. The average molecular weight is 420 g/mol. The van der Waals surface area contributed by atoms with Crippen LogP contribution in [0.25, 0.3) is 0 Å². The van der Waals surface area contributed by atoms with Gasteiger partial charge in [-0.05, 0) is 43.2 Å². The van der Waals surface area contributed by atoms with Crippen molar-refractivity contribution in [2.75, 3.05) is 18.3 Å². The molecule has 0 spiro atoms. The molecule has 1 saturated heterocycles. The van der Waals surface area contributed by atoms with Crippen LogP contribution in [0, 0.1) is 0 Å². The van der Waals surface area contributed by atoms with Crippen LogP contribution in [0.15, 0.2) is 47.4 Å². The van der Waals surface area contributed by atoms with E-state index in [0.717, 1.165) is 10.5 Å². The maximum atomic E-state index is 12.9. The zero-order valence-electron chi connectivity index (χ0n) is 15.4. The molecule has 0 aromatic heterocycles. The number of amides is 1. The third-order valence-electron chi connectivity index (χ3n) is 4.86. The van der Waals surface area contributed by atoms with E-state index < -0.39 is 9.84 Å². The highest BCUT2D eigenvalue weighted by atomic mass is 32.2. The predicted molar refractivity (Wildman–Crippen MR) is 108 cm³/mol. The number of ether oxygens (including phenoxy) is 2. The van der Waals surface area contributed by atoms with Crippen molar-refractivity contribution in [3.8, 4) is 11.5 Å². The predicted octanol–water partition coefficient (Wildman–Crippen LogP) is 3.19. The minimum absolute atomic E-state index is 0.00904. The Bertz CT molecular complexity index is 1010. The Morgan fingerprint density at radius 2 is 1.96 bits per heavy atom. The summed E-state index contributed by atoms with van der Waals surface area (Å²) in [5.41, 5.74) is 1.48. The van der Waals surface area contributed by atoms with Crippen LogP contribution in [-0.2, 0) is 9.84 Å². The summed E-state index contributed by atoms with van der Waals surface area (Å²) in [5.74, 6) is 1.59. The molecule has 0 unspecified atom stereocenters. The highest BCUT2D eigenvalue weighted by Gasteiger charge is 2.29. The fourth-order valence-electron chi connectivity index (χ4n) is 3.33. The summed E-state index contributed by atoms with van der Waals surface area (Å²) in [6.45, 7) is 2.12. The van der Waals surface area contributed by atoms with Crippen LogP contribution in [0.2, 0.25) is 0 Å². The van der Waals surface area contributed by atoms with Crippen molar-refractivity contribution >= 4 is 27.5 Å². The van der Waals surface area contributed by atoms with Gasteiger partial charge in [0, 0.05) is 10.1 Å². The Morgan fingerprint density at radius 3 is 2.75 bits per heavy atom. The van der Waals surface area contributed by atoms with E-state index in [1.54, 1.807) is 6.07 Å². The number of benzene rings is 2. The molecular formula is C20H21NO5S2. The highest BCUT2D eigenvalue weighted by Crippen LogP contribution is 2.35. The Labute approximate surface area is 168 Å². The van der Waals surface area contributed by atoms with Crippen LogP contribution in [-0.4, -0.2) is 37.9 Å². The number of hydrogen-bond acceptors (Lipinski definition) is 6. The molecule has 28 heavy (non-hydrogen) atoms. The standard InChI is InChI=1S/C20H21NO5S2/c1-13(14-6-7-17-18(10-14)26-12-25-17)21-20(22)16-4-2-3-5-19(16)27-15-8-9-28(23,24)11-15/h2-7,10,13,15H,8-9,11-12H2,1H3,(H,21,22)/t13-,15+/m1/s1. The van der Waals surface area contributed by atoms with Crippen LogP contribution in [0.4, 0.5) is 0 Å². The molecule has 0 aliphatic carbocycles. The lowest BCUT2D eigenvalue weighted by molar-refractivity contribution is 0.0937. The molecule has 2 atom stereocenters. The first kappa shape index (κ1) is 19.1. The summed E-state index contributed by atoms with van der Waals surface area (Å²) in [7, 11) is -2.95. The Hall–Kier alpha value is -2.19. The normalized spacial score (nSPS) is 20.7. The lowest BCUT2D eigenvalue weighted by Crippen LogP contribution is -2.27. The third-order valence-corrected chi connectivity index (χ3v) is 8.18. The van der Waals surface area contributed by atoms with Gasteiger partial charge in [-0.2, -0.15) is 0 Å². The maximum absolute atomic E-state index is 12.9. The van der Waals surface area contributed by atoms with Crippen LogP contribution in [0.5, 0.6) is 11.5 Å². The fourth-order valence-corrected chi connectivity index (χ4v) is 6.96. The van der Waals surface area contributed by atoms with Crippen molar-refractivity contribution < 1.29 is 22.7 Å². The Morgan fingerprint density at radius 1 is 1.18 bits per heavy atom. The van der Waals surface area contributed by atoms with Gasteiger partial charge in [0.1, 0.15) is 0 Å². The van der Waals surface area contributed by atoms with Crippen molar-refractivity contribution in [2.45, 2.75) is 29.5 Å². The second-order valence-electron chi connectivity index (χ2n) is 6.95. The van der Waals surface area contributed by atoms with Crippen LogP contribution >= 0.6 is 11.8 Å². The summed E-state index contributed by atoms with van der Waals surface area (Å²) in [6.07, 6.45) is 0.622. The van der Waals surface area contributed by atoms with Crippen molar-refractivity contribution in [3.63, 3.8) is 0 Å². The zero-order chi connectivity index (χ0) is 19.7. The first-order valence-electron chi connectivity index (χ1n) is 9.08. The molecule has 0 saturated carbocycles. The largest absolute Gasteiger partial charge is 0.454 e. The second-order valence-corrected chi connectivity index (χ2v) is 10.5. The maximum Gasteiger partial charge on any atom is 0.252 e. The SMILES string of the molecule is C[C@@H](NC(=O)c1ccccc1S[C@H]1CCS(=O)(=O)C1)c1ccc2c(c1)OCO2. The van der Waals surface area contributed by atoms with Gasteiger partial charge in [-0.1, -0.05) is 18.2 Å². The number of sulfone groups is 1. The summed E-state index contributed by atoms with van der Waals surface area (Å²) >= 11 is 1.47. The molecule has 4 rings (SSSR count). The van der Waals surface area contributed by atoms with Gasteiger partial charge in [0.05, 0.1) is 23.1 Å². The smallest absolute Gasteiger partial charge is 0.252 e. The van der Waals surface area contributed by atoms with Crippen molar-refractivity contribution in [1.29, 1.82) is 0 Å². The molecule has 6 nitrogen and oxygen atoms in total. The van der Waals surface area contributed by atoms with Gasteiger partial charge in [0.15, 0.2) is 21.3 Å². The van der Waals surface area contributed by atoms with Gasteiger partial charge in [-0.25, -0.2) is 8.42 Å². The number of nitrogens with one attached hydrogen (secondary N) is 1. The van der Waals surface area contributed by atoms with Crippen molar-refractivity contribution in [3.05, 3.63) is 53.6 Å². The number of carbonyl (C=O) groups excluding carboxylic acids is 1. The Kier molecular flexibility index (Phi) is 5.25. The number of fused-ring (bicyclic) bond motifs is 1. The number of carbonyl (C=O) groups is 1. The Balaban J connectivity index is 1.47. The number of thioether (sulfide) groups is 1. The molecule has 2 aromatic rings. The second kappa shape index (κ2) is 7.67. The zero-order valence-corrected chi connectivity index (χ0v) is 17.0. The van der Waals surface area contributed by atoms with Gasteiger partial charge in [-0.15, -0.1) is 11.8 Å². The lowest BCUT2D eigenvalue weighted by Gasteiger charge is -2.17. The first-order chi connectivity index (χ1) is 13.4. The summed E-state index contributed by atoms with van der Waals surface area (Å²) in [4.78, 5) is 13.7. The van der Waals surface area contributed by atoms with Crippen LogP contribution in [0.1, 0.15) is 35.3 Å². The molecule has 148 valence electrons. The molecule has 1 N–H and O–H groups in total. The highest BCUT2D eigenvalue weighted by molar-refractivity contribution is 8.02. The number of hydrogen-bond donors (Lipinski definition) is 1.